The van der Waals surface area contributed by atoms with Crippen LogP contribution in [0.2, 0.25) is 18.1 Å². The Kier molecular flexibility index (Phi) is 7.44. The maximum absolute atomic E-state index is 13.6. The monoisotopic (exact) mass is 460 g/mol. The fourth-order valence-electron chi connectivity index (χ4n) is 3.81. The summed E-state index contributed by atoms with van der Waals surface area (Å²) < 4.78 is 24.2. The Hall–Kier alpha value is -1.80. The highest BCUT2D eigenvalue weighted by Gasteiger charge is 2.57. The molecular weight excluding hydrogens is 424 g/mol. The quantitative estimate of drug-likeness (QED) is 0.308. The molecule has 0 spiro atoms. The van der Waals surface area contributed by atoms with E-state index < -0.39 is 38.0 Å². The number of rotatable bonds is 9. The second-order valence-corrected chi connectivity index (χ2v) is 14.9. The Balaban J connectivity index is 1.84. The minimum atomic E-state index is -2.08. The van der Waals surface area contributed by atoms with Crippen LogP contribution in [-0.4, -0.2) is 51.1 Å². The molecule has 2 bridgehead atoms. The zero-order valence-electron chi connectivity index (χ0n) is 20.1. The van der Waals surface area contributed by atoms with Crippen LogP contribution in [0.15, 0.2) is 42.5 Å². The molecule has 2 heterocycles. The summed E-state index contributed by atoms with van der Waals surface area (Å²) in [6, 6.07) is 9.71. The first-order chi connectivity index (χ1) is 15.0. The van der Waals surface area contributed by atoms with Crippen LogP contribution in [0.25, 0.3) is 0 Å². The Morgan fingerprint density at radius 2 is 1.88 bits per heavy atom. The molecule has 3 rings (SSSR count). The van der Waals surface area contributed by atoms with E-state index in [1.165, 1.54) is 0 Å². The molecule has 6 nitrogen and oxygen atoms in total. The maximum atomic E-state index is 13.6. The largest absolute Gasteiger partial charge is 0.466 e. The van der Waals surface area contributed by atoms with Crippen molar-refractivity contribution in [3.63, 3.8) is 0 Å². The number of ether oxygens (including phenoxy) is 3. The molecule has 0 N–H and O–H groups in total. The van der Waals surface area contributed by atoms with Gasteiger partial charge in [0.2, 0.25) is 0 Å². The summed E-state index contributed by atoms with van der Waals surface area (Å²) in [5.74, 6) is -1.16. The first-order valence-corrected chi connectivity index (χ1v) is 14.3. The minimum absolute atomic E-state index is 0.0218. The molecule has 0 radical (unpaired) electrons. The SMILES string of the molecule is CCOC(=O)C[C@H]1C(=O)[C@H](OCc2ccccc2)[C@]2(CO[Si](C)(C)C(C)(C)C)C=C[C@H]1O2. The number of carbonyl (C=O) groups is 2. The lowest BCUT2D eigenvalue weighted by atomic mass is 9.84. The van der Waals surface area contributed by atoms with Gasteiger partial charge in [-0.2, -0.15) is 0 Å². The van der Waals surface area contributed by atoms with Crippen molar-refractivity contribution in [3.8, 4) is 0 Å². The fraction of sp³-hybridized carbons (Fsp3) is 0.600. The van der Waals surface area contributed by atoms with Crippen molar-refractivity contribution in [1.29, 1.82) is 0 Å². The van der Waals surface area contributed by atoms with Gasteiger partial charge in [-0.3, -0.25) is 9.59 Å². The van der Waals surface area contributed by atoms with Gasteiger partial charge in [0.1, 0.15) is 5.60 Å². The number of carbonyl (C=O) groups excluding carboxylic acids is 2. The highest BCUT2D eigenvalue weighted by Crippen LogP contribution is 2.43. The molecule has 0 saturated carbocycles. The van der Waals surface area contributed by atoms with Crippen LogP contribution < -0.4 is 0 Å². The molecular formula is C25H36O6Si. The summed E-state index contributed by atoms with van der Waals surface area (Å²) in [6.45, 7) is 13.4. The van der Waals surface area contributed by atoms with Crippen molar-refractivity contribution in [1.82, 2.24) is 0 Å². The van der Waals surface area contributed by atoms with Gasteiger partial charge in [0, 0.05) is 0 Å². The molecule has 1 saturated heterocycles. The lowest BCUT2D eigenvalue weighted by molar-refractivity contribution is -0.197. The van der Waals surface area contributed by atoms with Gasteiger partial charge < -0.3 is 18.6 Å². The number of hydrogen-bond donors (Lipinski definition) is 0. The van der Waals surface area contributed by atoms with Gasteiger partial charge >= 0.3 is 5.97 Å². The molecule has 1 aromatic carbocycles. The third-order valence-electron chi connectivity index (χ3n) is 6.80. The van der Waals surface area contributed by atoms with Crippen LogP contribution in [0.1, 0.15) is 39.7 Å². The van der Waals surface area contributed by atoms with E-state index in [0.717, 1.165) is 5.56 Å². The smallest absolute Gasteiger partial charge is 0.306 e. The Labute approximate surface area is 192 Å². The number of Topliss-reactive ketones (excluding diaryl/α,β-unsaturated/α-hetero) is 1. The van der Waals surface area contributed by atoms with E-state index in [4.69, 9.17) is 18.6 Å². The zero-order valence-corrected chi connectivity index (χ0v) is 21.1. The molecule has 0 aliphatic carbocycles. The topological polar surface area (TPSA) is 71.1 Å². The standard InChI is InChI=1S/C25H36O6Si/c1-7-28-21(26)15-19-20-13-14-25(31-20,17-30-32(5,6)24(2,3)4)23(22(19)27)29-16-18-11-9-8-10-12-18/h8-14,19-20,23H,7,15-17H2,1-6H3/t19-,20-,23+,25-/m1/s1. The van der Waals surface area contributed by atoms with Crippen LogP contribution in [0.3, 0.4) is 0 Å². The van der Waals surface area contributed by atoms with E-state index in [0.29, 0.717) is 0 Å². The summed E-state index contributed by atoms with van der Waals surface area (Å²) in [4.78, 5) is 25.7. The molecule has 176 valence electrons. The van der Waals surface area contributed by atoms with E-state index >= 15 is 0 Å². The molecule has 2 aliphatic heterocycles. The molecule has 7 heteroatoms. The van der Waals surface area contributed by atoms with Crippen LogP contribution in [0.4, 0.5) is 0 Å². The Morgan fingerprint density at radius 1 is 1.19 bits per heavy atom. The van der Waals surface area contributed by atoms with Crippen LogP contribution in [0.5, 0.6) is 0 Å². The number of esters is 1. The first-order valence-electron chi connectivity index (χ1n) is 11.3. The van der Waals surface area contributed by atoms with Crippen LogP contribution >= 0.6 is 0 Å². The van der Waals surface area contributed by atoms with E-state index in [-0.39, 0.29) is 37.1 Å². The van der Waals surface area contributed by atoms with Crippen molar-refractivity contribution >= 4 is 20.1 Å². The van der Waals surface area contributed by atoms with Gasteiger partial charge in [0.15, 0.2) is 20.2 Å². The van der Waals surface area contributed by atoms with E-state index in [2.05, 4.69) is 33.9 Å². The molecule has 4 atom stereocenters. The molecule has 32 heavy (non-hydrogen) atoms. The normalized spacial score (nSPS) is 27.6. The number of hydrogen-bond acceptors (Lipinski definition) is 6. The average molecular weight is 461 g/mol. The number of ketones is 1. The second-order valence-electron chi connectivity index (χ2n) is 10.1. The summed E-state index contributed by atoms with van der Waals surface area (Å²) in [5, 5.41) is 0.0247. The Morgan fingerprint density at radius 3 is 2.50 bits per heavy atom. The lowest BCUT2D eigenvalue weighted by Gasteiger charge is -2.45. The molecule has 0 aromatic heterocycles. The van der Waals surface area contributed by atoms with Gasteiger partial charge in [0.25, 0.3) is 0 Å². The van der Waals surface area contributed by atoms with Crippen molar-refractivity contribution < 1.29 is 28.2 Å². The van der Waals surface area contributed by atoms with Crippen molar-refractivity contribution in [2.75, 3.05) is 13.2 Å². The Bertz CT molecular complexity index is 844. The van der Waals surface area contributed by atoms with Crippen molar-refractivity contribution in [3.05, 3.63) is 48.0 Å². The zero-order chi connectivity index (χ0) is 23.6. The van der Waals surface area contributed by atoms with Crippen LogP contribution in [-0.2, 0) is 34.8 Å². The third kappa shape index (κ3) is 5.22. The van der Waals surface area contributed by atoms with Gasteiger partial charge in [-0.15, -0.1) is 0 Å². The maximum Gasteiger partial charge on any atom is 0.306 e. The average Bonchev–Trinajstić information content (AvgIpc) is 3.12. The molecule has 0 unspecified atom stereocenters. The van der Waals surface area contributed by atoms with Crippen molar-refractivity contribution in [2.24, 2.45) is 5.92 Å². The van der Waals surface area contributed by atoms with Gasteiger partial charge in [-0.1, -0.05) is 57.2 Å². The predicted molar refractivity (Wildman–Crippen MR) is 125 cm³/mol. The third-order valence-corrected chi connectivity index (χ3v) is 11.3. The van der Waals surface area contributed by atoms with E-state index in [1.54, 1.807) is 6.92 Å². The number of benzene rings is 1. The van der Waals surface area contributed by atoms with Gasteiger partial charge in [-0.25, -0.2) is 0 Å². The minimum Gasteiger partial charge on any atom is -0.466 e. The first kappa shape index (κ1) is 24.8. The highest BCUT2D eigenvalue weighted by atomic mass is 28.4. The van der Waals surface area contributed by atoms with E-state index in [9.17, 15) is 9.59 Å². The van der Waals surface area contributed by atoms with Gasteiger partial charge in [-0.05, 0) is 36.7 Å². The molecule has 0 amide bonds. The summed E-state index contributed by atoms with van der Waals surface area (Å²) in [6.07, 6.45) is 2.42. The molecule has 1 aromatic rings. The van der Waals surface area contributed by atoms with Crippen molar-refractivity contribution in [2.45, 2.75) is 76.7 Å². The van der Waals surface area contributed by atoms with Crippen LogP contribution in [0, 0.1) is 5.92 Å². The molecule has 2 aliphatic rings. The summed E-state index contributed by atoms with van der Waals surface area (Å²) >= 11 is 0. The van der Waals surface area contributed by atoms with Gasteiger partial charge in [0.05, 0.1) is 38.3 Å². The van der Waals surface area contributed by atoms with E-state index in [1.807, 2.05) is 42.5 Å². The second kappa shape index (κ2) is 9.59. The summed E-state index contributed by atoms with van der Waals surface area (Å²) in [5.41, 5.74) is -0.0242. The predicted octanol–water partition coefficient (Wildman–Crippen LogP) is 4.44. The lowest BCUT2D eigenvalue weighted by Crippen LogP contribution is -2.60. The molecule has 1 fully saturated rings. The highest BCUT2D eigenvalue weighted by molar-refractivity contribution is 6.74. The summed E-state index contributed by atoms with van der Waals surface area (Å²) in [7, 11) is -2.08. The number of fused-ring (bicyclic) bond motifs is 2. The fourth-order valence-corrected chi connectivity index (χ4v) is 4.83.